The maximum Gasteiger partial charge on any atom is 0.163 e. The molecule has 0 unspecified atom stereocenters. The van der Waals surface area contributed by atoms with Crippen molar-refractivity contribution >= 4 is 0 Å². The summed E-state index contributed by atoms with van der Waals surface area (Å²) in [4.78, 5) is 12.8. The highest BCUT2D eigenvalue weighted by Gasteiger charge is 2.15. The minimum absolute atomic E-state index is 0.759. The van der Waals surface area contributed by atoms with Crippen LogP contribution in [-0.4, -0.2) is 15.0 Å². The first-order chi connectivity index (χ1) is 8.43. The van der Waals surface area contributed by atoms with Gasteiger partial charge in [-0.05, 0) is 69.4 Å². The monoisotopic (exact) mass is 241 g/mol. The van der Waals surface area contributed by atoms with Crippen LogP contribution in [-0.2, 0) is 0 Å². The number of benzene rings is 1. The van der Waals surface area contributed by atoms with E-state index < -0.39 is 0 Å². The average Bonchev–Trinajstić information content (AvgIpc) is 2.34. The Labute approximate surface area is 108 Å². The molecule has 0 bridgehead atoms. The molecule has 3 heteroatoms. The van der Waals surface area contributed by atoms with Crippen molar-refractivity contribution in [3.8, 4) is 11.4 Å². The Kier molecular flexibility index (Phi) is 3.16. The molecule has 0 radical (unpaired) electrons. The maximum absolute atomic E-state index is 4.45. The van der Waals surface area contributed by atoms with Crippen LogP contribution in [0.3, 0.4) is 0 Å². The van der Waals surface area contributed by atoms with E-state index >= 15 is 0 Å². The number of hydrogen-bond acceptors (Lipinski definition) is 3. The molecule has 0 amide bonds. The highest BCUT2D eigenvalue weighted by atomic mass is 15.0. The van der Waals surface area contributed by atoms with Crippen molar-refractivity contribution in [2.75, 3.05) is 0 Å². The van der Waals surface area contributed by atoms with Crippen LogP contribution in [0.4, 0.5) is 0 Å². The van der Waals surface area contributed by atoms with E-state index in [1.165, 1.54) is 27.8 Å². The molecular formula is C15H19N3. The quantitative estimate of drug-likeness (QED) is 0.768. The van der Waals surface area contributed by atoms with E-state index in [0.717, 1.165) is 17.2 Å². The zero-order chi connectivity index (χ0) is 13.4. The smallest absolute Gasteiger partial charge is 0.163 e. The molecular weight excluding hydrogens is 222 g/mol. The van der Waals surface area contributed by atoms with E-state index in [1.54, 1.807) is 6.33 Å². The van der Waals surface area contributed by atoms with E-state index in [-0.39, 0.29) is 0 Å². The lowest BCUT2D eigenvalue weighted by molar-refractivity contribution is 0.976. The van der Waals surface area contributed by atoms with Gasteiger partial charge in [0.1, 0.15) is 12.2 Å². The molecule has 1 aromatic heterocycles. The Morgan fingerprint density at radius 3 is 1.67 bits per heavy atom. The molecule has 2 aromatic rings. The Balaban J connectivity index is 2.80. The van der Waals surface area contributed by atoms with Gasteiger partial charge >= 0.3 is 0 Å². The number of nitrogens with zero attached hydrogens (tertiary/aromatic N) is 3. The van der Waals surface area contributed by atoms with E-state index in [0.29, 0.717) is 0 Å². The molecule has 1 aromatic carbocycles. The molecule has 94 valence electrons. The van der Waals surface area contributed by atoms with Gasteiger partial charge in [0.2, 0.25) is 0 Å². The molecule has 0 atom stereocenters. The number of rotatable bonds is 1. The first kappa shape index (κ1) is 12.7. The number of aromatic nitrogens is 3. The molecule has 0 N–H and O–H groups in total. The first-order valence-corrected chi connectivity index (χ1v) is 6.16. The second-order valence-electron chi connectivity index (χ2n) is 4.86. The summed E-state index contributed by atoms with van der Waals surface area (Å²) in [6.07, 6.45) is 1.58. The third-order valence-corrected chi connectivity index (χ3v) is 3.92. The van der Waals surface area contributed by atoms with Crippen LogP contribution < -0.4 is 0 Å². The van der Waals surface area contributed by atoms with Gasteiger partial charge in [-0.25, -0.2) is 15.0 Å². The highest BCUT2D eigenvalue weighted by Crippen LogP contribution is 2.31. The molecule has 0 aliphatic carbocycles. The zero-order valence-corrected chi connectivity index (χ0v) is 11.9. The SMILES string of the molecule is Cc1ncnc(-c2c(C)c(C)c(C)c(C)c2C)n1. The van der Waals surface area contributed by atoms with E-state index in [2.05, 4.69) is 49.6 Å². The largest absolute Gasteiger partial charge is 0.222 e. The van der Waals surface area contributed by atoms with Gasteiger partial charge in [0.15, 0.2) is 5.82 Å². The van der Waals surface area contributed by atoms with Gasteiger partial charge in [-0.3, -0.25) is 0 Å². The lowest BCUT2D eigenvalue weighted by Gasteiger charge is -2.17. The first-order valence-electron chi connectivity index (χ1n) is 6.16. The summed E-state index contributed by atoms with van der Waals surface area (Å²) in [5.41, 5.74) is 7.69. The minimum atomic E-state index is 0.759. The number of aryl methyl sites for hydroxylation is 1. The molecule has 0 saturated carbocycles. The Hall–Kier alpha value is -1.77. The zero-order valence-electron chi connectivity index (χ0n) is 11.9. The Morgan fingerprint density at radius 2 is 1.17 bits per heavy atom. The van der Waals surface area contributed by atoms with E-state index in [4.69, 9.17) is 0 Å². The van der Waals surface area contributed by atoms with E-state index in [1.807, 2.05) is 6.92 Å². The van der Waals surface area contributed by atoms with Crippen molar-refractivity contribution in [2.24, 2.45) is 0 Å². The van der Waals surface area contributed by atoms with Crippen LogP contribution in [0.5, 0.6) is 0 Å². The molecule has 0 aliphatic rings. The minimum Gasteiger partial charge on any atom is -0.222 e. The second-order valence-corrected chi connectivity index (χ2v) is 4.86. The molecule has 3 nitrogen and oxygen atoms in total. The summed E-state index contributed by atoms with van der Waals surface area (Å²) in [5.74, 6) is 1.54. The summed E-state index contributed by atoms with van der Waals surface area (Å²) < 4.78 is 0. The van der Waals surface area contributed by atoms with Crippen LogP contribution >= 0.6 is 0 Å². The fourth-order valence-electron chi connectivity index (χ4n) is 2.33. The lowest BCUT2D eigenvalue weighted by atomic mass is 9.89. The third kappa shape index (κ3) is 1.90. The van der Waals surface area contributed by atoms with Crippen LogP contribution in [0.2, 0.25) is 0 Å². The Morgan fingerprint density at radius 1 is 0.667 bits per heavy atom. The fraction of sp³-hybridized carbons (Fsp3) is 0.400. The standard InChI is InChI=1S/C15H19N3/c1-8-9(2)11(4)14(12(5)10(8)3)15-17-7-16-13(6)18-15/h7H,1-6H3. The number of hydrogen-bond donors (Lipinski definition) is 0. The van der Waals surface area contributed by atoms with Gasteiger partial charge in [-0.1, -0.05) is 0 Å². The Bertz CT molecular complexity index is 586. The summed E-state index contributed by atoms with van der Waals surface area (Å²) in [6, 6.07) is 0. The topological polar surface area (TPSA) is 38.7 Å². The average molecular weight is 241 g/mol. The summed E-state index contributed by atoms with van der Waals surface area (Å²) >= 11 is 0. The van der Waals surface area contributed by atoms with Crippen molar-refractivity contribution in [3.63, 3.8) is 0 Å². The molecule has 0 aliphatic heterocycles. The normalized spacial score (nSPS) is 10.8. The molecule has 0 fully saturated rings. The molecule has 0 saturated heterocycles. The van der Waals surface area contributed by atoms with Crippen molar-refractivity contribution < 1.29 is 0 Å². The summed E-state index contributed by atoms with van der Waals surface area (Å²) in [5, 5.41) is 0. The predicted octanol–water partition coefficient (Wildman–Crippen LogP) is 3.39. The van der Waals surface area contributed by atoms with Gasteiger partial charge in [-0.15, -0.1) is 0 Å². The van der Waals surface area contributed by atoms with Crippen molar-refractivity contribution in [1.29, 1.82) is 0 Å². The van der Waals surface area contributed by atoms with Crippen LogP contribution in [0.15, 0.2) is 6.33 Å². The molecule has 0 spiro atoms. The van der Waals surface area contributed by atoms with Gasteiger partial charge in [0, 0.05) is 5.56 Å². The lowest BCUT2D eigenvalue weighted by Crippen LogP contribution is -2.03. The maximum atomic E-state index is 4.45. The van der Waals surface area contributed by atoms with Gasteiger partial charge in [0.25, 0.3) is 0 Å². The molecule has 1 heterocycles. The van der Waals surface area contributed by atoms with Gasteiger partial charge < -0.3 is 0 Å². The molecule has 2 rings (SSSR count). The van der Waals surface area contributed by atoms with Crippen LogP contribution in [0.1, 0.15) is 33.6 Å². The fourth-order valence-corrected chi connectivity index (χ4v) is 2.33. The molecule has 18 heavy (non-hydrogen) atoms. The van der Waals surface area contributed by atoms with E-state index in [9.17, 15) is 0 Å². The van der Waals surface area contributed by atoms with Crippen LogP contribution in [0, 0.1) is 41.5 Å². The summed E-state index contributed by atoms with van der Waals surface area (Å²) in [6.45, 7) is 12.7. The third-order valence-electron chi connectivity index (χ3n) is 3.92. The van der Waals surface area contributed by atoms with Gasteiger partial charge in [-0.2, -0.15) is 0 Å². The predicted molar refractivity (Wildman–Crippen MR) is 73.7 cm³/mol. The van der Waals surface area contributed by atoms with Crippen LogP contribution in [0.25, 0.3) is 11.4 Å². The van der Waals surface area contributed by atoms with Crippen molar-refractivity contribution in [3.05, 3.63) is 40.0 Å². The van der Waals surface area contributed by atoms with Crippen molar-refractivity contribution in [1.82, 2.24) is 15.0 Å². The van der Waals surface area contributed by atoms with Crippen molar-refractivity contribution in [2.45, 2.75) is 41.5 Å². The van der Waals surface area contributed by atoms with Gasteiger partial charge in [0.05, 0.1) is 0 Å². The summed E-state index contributed by atoms with van der Waals surface area (Å²) in [7, 11) is 0. The highest BCUT2D eigenvalue weighted by molar-refractivity contribution is 5.69. The second kappa shape index (κ2) is 4.48.